The van der Waals surface area contributed by atoms with Crippen LogP contribution in [0, 0.1) is 0 Å². The summed E-state index contributed by atoms with van der Waals surface area (Å²) in [4.78, 5) is 46.9. The summed E-state index contributed by atoms with van der Waals surface area (Å²) in [5, 5.41) is 3.77. The Labute approximate surface area is 174 Å². The van der Waals surface area contributed by atoms with Gasteiger partial charge in [0.1, 0.15) is 5.82 Å². The Morgan fingerprint density at radius 1 is 1.07 bits per heavy atom. The number of aromatic nitrogens is 2. The molecule has 1 aromatic rings. The predicted molar refractivity (Wildman–Crippen MR) is 109 cm³/mol. The Morgan fingerprint density at radius 2 is 1.93 bits per heavy atom. The minimum Gasteiger partial charge on any atom is -0.354 e. The number of nitrogens with one attached hydrogen (secondary N) is 1. The van der Waals surface area contributed by atoms with Gasteiger partial charge in [0, 0.05) is 69.6 Å². The van der Waals surface area contributed by atoms with Crippen molar-refractivity contribution in [2.24, 2.45) is 0 Å². The number of rotatable bonds is 4. The monoisotopic (exact) mass is 420 g/mol. The number of anilines is 1. The van der Waals surface area contributed by atoms with Crippen LogP contribution in [0.2, 0.25) is 0 Å². The summed E-state index contributed by atoms with van der Waals surface area (Å²) < 4.78 is 4.53. The SMILES string of the molecule is O=C1CCN(C(=O)CN2CCCC2=O)CCN(c2nc(C3CCC3)ns2)CCN1. The fourth-order valence-electron chi connectivity index (χ4n) is 3.88. The smallest absolute Gasteiger partial charge is 0.242 e. The zero-order valence-corrected chi connectivity index (χ0v) is 17.5. The van der Waals surface area contributed by atoms with Crippen molar-refractivity contribution in [1.82, 2.24) is 24.5 Å². The van der Waals surface area contributed by atoms with Gasteiger partial charge in [-0.15, -0.1) is 0 Å². The van der Waals surface area contributed by atoms with Gasteiger partial charge in [0.15, 0.2) is 0 Å². The summed E-state index contributed by atoms with van der Waals surface area (Å²) in [6.07, 6.45) is 5.16. The first-order chi connectivity index (χ1) is 14.1. The third-order valence-electron chi connectivity index (χ3n) is 5.97. The van der Waals surface area contributed by atoms with Crippen LogP contribution in [0.5, 0.6) is 0 Å². The van der Waals surface area contributed by atoms with Crippen molar-refractivity contribution in [2.75, 3.05) is 50.7 Å². The van der Waals surface area contributed by atoms with Crippen LogP contribution < -0.4 is 10.2 Å². The second-order valence-corrected chi connectivity index (χ2v) is 8.68. The number of carbonyl (C=O) groups excluding carboxylic acids is 3. The van der Waals surface area contributed by atoms with Crippen LogP contribution in [0.4, 0.5) is 5.13 Å². The Kier molecular flexibility index (Phi) is 6.27. The van der Waals surface area contributed by atoms with Gasteiger partial charge in [-0.3, -0.25) is 14.4 Å². The van der Waals surface area contributed by atoms with E-state index in [-0.39, 0.29) is 30.7 Å². The van der Waals surface area contributed by atoms with E-state index in [1.165, 1.54) is 18.0 Å². The minimum atomic E-state index is -0.0963. The molecule has 0 spiro atoms. The lowest BCUT2D eigenvalue weighted by Gasteiger charge is -2.30. The highest BCUT2D eigenvalue weighted by Crippen LogP contribution is 2.36. The molecule has 29 heavy (non-hydrogen) atoms. The maximum absolute atomic E-state index is 12.8. The van der Waals surface area contributed by atoms with Crippen molar-refractivity contribution < 1.29 is 14.4 Å². The van der Waals surface area contributed by atoms with Gasteiger partial charge < -0.3 is 20.0 Å². The van der Waals surface area contributed by atoms with Crippen LogP contribution in [0.15, 0.2) is 0 Å². The molecule has 9 nitrogen and oxygen atoms in total. The summed E-state index contributed by atoms with van der Waals surface area (Å²) in [5.41, 5.74) is 0. The predicted octanol–water partition coefficient (Wildman–Crippen LogP) is 0.583. The molecule has 0 aromatic carbocycles. The van der Waals surface area contributed by atoms with E-state index in [9.17, 15) is 14.4 Å². The van der Waals surface area contributed by atoms with Crippen molar-refractivity contribution in [2.45, 2.75) is 44.4 Å². The normalized spacial score (nSPS) is 21.9. The van der Waals surface area contributed by atoms with Gasteiger partial charge in [-0.1, -0.05) is 6.42 Å². The molecule has 0 unspecified atom stereocenters. The summed E-state index contributed by atoms with van der Waals surface area (Å²) in [6, 6.07) is 0. The van der Waals surface area contributed by atoms with E-state index >= 15 is 0 Å². The van der Waals surface area contributed by atoms with Gasteiger partial charge in [0.2, 0.25) is 22.9 Å². The van der Waals surface area contributed by atoms with Gasteiger partial charge in [0.05, 0.1) is 6.54 Å². The Balaban J connectivity index is 1.42. The molecule has 1 N–H and O–H groups in total. The number of carbonyl (C=O) groups is 3. The van der Waals surface area contributed by atoms with Crippen LogP contribution in [0.3, 0.4) is 0 Å². The molecule has 10 heteroatoms. The minimum absolute atomic E-state index is 0.0381. The highest BCUT2D eigenvalue weighted by atomic mass is 32.1. The fraction of sp³-hybridized carbons (Fsp3) is 0.737. The second-order valence-electron chi connectivity index (χ2n) is 7.95. The molecule has 0 radical (unpaired) electrons. The lowest BCUT2D eigenvalue weighted by molar-refractivity contribution is -0.138. The molecular formula is C19H28N6O3S. The van der Waals surface area contributed by atoms with Gasteiger partial charge in [-0.25, -0.2) is 4.98 Å². The topological polar surface area (TPSA) is 98.7 Å². The lowest BCUT2D eigenvalue weighted by atomic mass is 9.85. The maximum Gasteiger partial charge on any atom is 0.242 e. The number of likely N-dealkylation sites (tertiary alicyclic amines) is 1. The van der Waals surface area contributed by atoms with Crippen molar-refractivity contribution in [3.63, 3.8) is 0 Å². The zero-order valence-electron chi connectivity index (χ0n) is 16.6. The first-order valence-electron chi connectivity index (χ1n) is 10.5. The number of hydrogen-bond acceptors (Lipinski definition) is 7. The van der Waals surface area contributed by atoms with E-state index in [1.54, 1.807) is 9.80 Å². The van der Waals surface area contributed by atoms with E-state index < -0.39 is 0 Å². The van der Waals surface area contributed by atoms with Gasteiger partial charge in [-0.2, -0.15) is 4.37 Å². The van der Waals surface area contributed by atoms with E-state index in [1.807, 2.05) is 0 Å². The molecule has 3 amide bonds. The standard InChI is InChI=1S/C19H28N6O3S/c26-15-6-9-23(17(28)13-25-8-2-5-16(25)27)11-12-24(10-7-20-15)19-21-18(22-29-19)14-3-1-4-14/h14H,1-13H2,(H,20,26). The molecular weight excluding hydrogens is 392 g/mol. The fourth-order valence-corrected chi connectivity index (χ4v) is 4.68. The molecule has 2 aliphatic heterocycles. The summed E-state index contributed by atoms with van der Waals surface area (Å²) >= 11 is 1.39. The molecule has 1 saturated carbocycles. The second kappa shape index (κ2) is 9.06. The van der Waals surface area contributed by atoms with E-state index in [0.29, 0.717) is 51.6 Å². The Morgan fingerprint density at radius 3 is 2.66 bits per heavy atom. The van der Waals surface area contributed by atoms with Gasteiger partial charge in [0.25, 0.3) is 0 Å². The highest BCUT2D eigenvalue weighted by molar-refractivity contribution is 7.09. The molecule has 4 rings (SSSR count). The molecule has 158 valence electrons. The van der Waals surface area contributed by atoms with Crippen LogP contribution in [0.25, 0.3) is 0 Å². The Hall–Kier alpha value is -2.23. The van der Waals surface area contributed by atoms with Gasteiger partial charge in [-0.05, 0) is 19.3 Å². The third-order valence-corrected chi connectivity index (χ3v) is 6.77. The van der Waals surface area contributed by atoms with Crippen LogP contribution in [-0.2, 0) is 14.4 Å². The molecule has 1 aliphatic carbocycles. The summed E-state index contributed by atoms with van der Waals surface area (Å²) in [6.45, 7) is 3.43. The molecule has 3 heterocycles. The van der Waals surface area contributed by atoms with Crippen molar-refractivity contribution in [3.8, 4) is 0 Å². The van der Waals surface area contributed by atoms with Crippen LogP contribution >= 0.6 is 11.5 Å². The molecule has 0 atom stereocenters. The molecule has 3 aliphatic rings. The van der Waals surface area contributed by atoms with Gasteiger partial charge >= 0.3 is 0 Å². The lowest BCUT2D eigenvalue weighted by Crippen LogP contribution is -2.47. The average Bonchev–Trinajstić information content (AvgIpc) is 3.28. The summed E-state index contributed by atoms with van der Waals surface area (Å²) in [5.74, 6) is 1.29. The first kappa shape index (κ1) is 20.1. The maximum atomic E-state index is 12.8. The average molecular weight is 421 g/mol. The van der Waals surface area contributed by atoms with E-state index in [4.69, 9.17) is 4.98 Å². The van der Waals surface area contributed by atoms with E-state index in [2.05, 4.69) is 14.6 Å². The first-order valence-corrected chi connectivity index (χ1v) is 11.3. The highest BCUT2D eigenvalue weighted by Gasteiger charge is 2.27. The van der Waals surface area contributed by atoms with Crippen molar-refractivity contribution >= 4 is 34.4 Å². The summed E-state index contributed by atoms with van der Waals surface area (Å²) in [7, 11) is 0. The van der Waals surface area contributed by atoms with Crippen molar-refractivity contribution in [1.29, 1.82) is 0 Å². The molecule has 2 saturated heterocycles. The number of hydrogen-bond donors (Lipinski definition) is 1. The zero-order chi connectivity index (χ0) is 20.2. The van der Waals surface area contributed by atoms with Crippen LogP contribution in [0.1, 0.15) is 50.3 Å². The number of nitrogens with zero attached hydrogens (tertiary/aromatic N) is 5. The number of amides is 3. The molecule has 3 fully saturated rings. The van der Waals surface area contributed by atoms with E-state index in [0.717, 1.165) is 30.2 Å². The Bertz CT molecular complexity index is 765. The quantitative estimate of drug-likeness (QED) is 0.765. The molecule has 1 aromatic heterocycles. The largest absolute Gasteiger partial charge is 0.354 e. The third kappa shape index (κ3) is 4.85. The molecule has 0 bridgehead atoms. The van der Waals surface area contributed by atoms with Crippen molar-refractivity contribution in [3.05, 3.63) is 5.82 Å². The van der Waals surface area contributed by atoms with Crippen LogP contribution in [-0.4, -0.2) is 82.7 Å².